The average molecular weight is 326 g/mol. The Morgan fingerprint density at radius 3 is 2.56 bits per heavy atom. The van der Waals surface area contributed by atoms with Crippen LogP contribution in [0.1, 0.15) is 17.0 Å². The Morgan fingerprint density at radius 1 is 1.22 bits per heavy atom. The first-order valence-corrected chi connectivity index (χ1v) is 6.91. The summed E-state index contributed by atoms with van der Waals surface area (Å²) in [5, 5.41) is 0.702. The van der Waals surface area contributed by atoms with Crippen LogP contribution in [0.3, 0.4) is 0 Å². The van der Waals surface area contributed by atoms with E-state index in [1.54, 1.807) is 12.4 Å². The molecule has 1 aromatic heterocycles. The first-order chi connectivity index (χ1) is 8.70. The normalized spacial score (nSPS) is 12.4. The molecule has 0 saturated carbocycles. The van der Waals surface area contributed by atoms with Crippen LogP contribution < -0.4 is 5.73 Å². The fraction of sp³-hybridized carbons (Fsp3) is 0.214. The maximum absolute atomic E-state index is 6.13. The molecule has 1 unspecified atom stereocenters. The van der Waals surface area contributed by atoms with Crippen LogP contribution in [-0.2, 0) is 6.42 Å². The van der Waals surface area contributed by atoms with E-state index in [1.165, 1.54) is 5.56 Å². The zero-order chi connectivity index (χ0) is 13.0. The van der Waals surface area contributed by atoms with E-state index in [0.29, 0.717) is 11.6 Å². The minimum atomic E-state index is 0.276. The van der Waals surface area contributed by atoms with E-state index in [0.717, 1.165) is 16.5 Å². The van der Waals surface area contributed by atoms with Crippen molar-refractivity contribution in [2.75, 3.05) is 6.54 Å². The molecule has 0 amide bonds. The first-order valence-electron chi connectivity index (χ1n) is 5.74. The highest BCUT2D eigenvalue weighted by atomic mass is 79.9. The summed E-state index contributed by atoms with van der Waals surface area (Å²) in [6.07, 6.45) is 4.27. The number of benzene rings is 1. The summed E-state index contributed by atoms with van der Waals surface area (Å²) in [5.41, 5.74) is 8.19. The van der Waals surface area contributed by atoms with Crippen LogP contribution in [0.25, 0.3) is 0 Å². The summed E-state index contributed by atoms with van der Waals surface area (Å²) >= 11 is 9.56. The molecule has 0 saturated heterocycles. The average Bonchev–Trinajstić information content (AvgIpc) is 2.39. The highest BCUT2D eigenvalue weighted by Gasteiger charge is 2.12. The Hall–Kier alpha value is -0.900. The first kappa shape index (κ1) is 13.5. The van der Waals surface area contributed by atoms with Crippen molar-refractivity contribution >= 4 is 27.5 Å². The van der Waals surface area contributed by atoms with Crippen LogP contribution in [-0.4, -0.2) is 11.5 Å². The molecule has 0 aliphatic carbocycles. The van der Waals surface area contributed by atoms with Gasteiger partial charge in [0.05, 0.1) is 5.02 Å². The van der Waals surface area contributed by atoms with Crippen molar-refractivity contribution in [3.8, 4) is 0 Å². The molecule has 2 rings (SSSR count). The molecule has 94 valence electrons. The molecule has 0 aliphatic heterocycles. The maximum atomic E-state index is 6.13. The highest BCUT2D eigenvalue weighted by Crippen LogP contribution is 2.25. The van der Waals surface area contributed by atoms with Gasteiger partial charge in [-0.1, -0.05) is 39.7 Å². The van der Waals surface area contributed by atoms with Gasteiger partial charge in [0, 0.05) is 22.8 Å². The highest BCUT2D eigenvalue weighted by molar-refractivity contribution is 9.10. The second kappa shape index (κ2) is 6.32. The van der Waals surface area contributed by atoms with Crippen molar-refractivity contribution < 1.29 is 0 Å². The largest absolute Gasteiger partial charge is 0.330 e. The van der Waals surface area contributed by atoms with Crippen LogP contribution in [0.5, 0.6) is 0 Å². The van der Waals surface area contributed by atoms with Gasteiger partial charge in [-0.25, -0.2) is 0 Å². The lowest BCUT2D eigenvalue weighted by atomic mass is 9.92. The molecule has 2 aromatic rings. The molecule has 0 bridgehead atoms. The summed E-state index contributed by atoms with van der Waals surface area (Å²) in [6.45, 7) is 0.598. The van der Waals surface area contributed by atoms with Gasteiger partial charge >= 0.3 is 0 Å². The summed E-state index contributed by atoms with van der Waals surface area (Å²) in [7, 11) is 0. The third-order valence-electron chi connectivity index (χ3n) is 2.95. The monoisotopic (exact) mass is 324 g/mol. The fourth-order valence-electron chi connectivity index (χ4n) is 1.91. The summed E-state index contributed by atoms with van der Waals surface area (Å²) in [6, 6.07) is 10.2. The molecule has 2 nitrogen and oxygen atoms in total. The Labute approximate surface area is 120 Å². The molecule has 1 atom stereocenters. The van der Waals surface area contributed by atoms with E-state index in [4.69, 9.17) is 17.3 Å². The van der Waals surface area contributed by atoms with Crippen molar-refractivity contribution in [2.24, 2.45) is 5.73 Å². The van der Waals surface area contributed by atoms with Gasteiger partial charge in [-0.15, -0.1) is 0 Å². The van der Waals surface area contributed by atoms with Gasteiger partial charge in [0.1, 0.15) is 0 Å². The smallest absolute Gasteiger partial charge is 0.0621 e. The van der Waals surface area contributed by atoms with Gasteiger partial charge in [-0.3, -0.25) is 4.98 Å². The standard InChI is InChI=1S/C14H14BrClN2/c15-13-3-1-10(2-4-13)12(8-17)7-11-5-6-18-9-14(11)16/h1-6,9,12H,7-8,17H2. The lowest BCUT2D eigenvalue weighted by molar-refractivity contribution is 0.694. The molecule has 0 spiro atoms. The number of hydrogen-bond donors (Lipinski definition) is 1. The molecule has 0 aliphatic rings. The van der Waals surface area contributed by atoms with Crippen LogP contribution in [0.15, 0.2) is 47.2 Å². The molecule has 1 heterocycles. The molecule has 0 radical (unpaired) electrons. The fourth-order valence-corrected chi connectivity index (χ4v) is 2.37. The Bertz CT molecular complexity index is 513. The van der Waals surface area contributed by atoms with Crippen LogP contribution in [0.4, 0.5) is 0 Å². The third-order valence-corrected chi connectivity index (χ3v) is 3.82. The van der Waals surface area contributed by atoms with Gasteiger partial charge in [-0.05, 0) is 42.3 Å². The summed E-state index contributed by atoms with van der Waals surface area (Å²) in [5.74, 6) is 0.276. The van der Waals surface area contributed by atoms with Crippen molar-refractivity contribution in [2.45, 2.75) is 12.3 Å². The molecule has 1 aromatic carbocycles. The van der Waals surface area contributed by atoms with E-state index in [-0.39, 0.29) is 5.92 Å². The van der Waals surface area contributed by atoms with Gasteiger partial charge in [-0.2, -0.15) is 0 Å². The molecule has 0 fully saturated rings. The SMILES string of the molecule is NCC(Cc1ccncc1Cl)c1ccc(Br)cc1. The Kier molecular flexibility index (Phi) is 4.75. The van der Waals surface area contributed by atoms with E-state index in [2.05, 4.69) is 33.0 Å². The minimum absolute atomic E-state index is 0.276. The van der Waals surface area contributed by atoms with E-state index >= 15 is 0 Å². The quantitative estimate of drug-likeness (QED) is 0.929. The third kappa shape index (κ3) is 3.31. The molecule has 4 heteroatoms. The predicted octanol–water partition coefficient (Wildman–Crippen LogP) is 3.78. The Morgan fingerprint density at radius 2 is 1.94 bits per heavy atom. The van der Waals surface area contributed by atoms with Crippen molar-refractivity contribution in [1.29, 1.82) is 0 Å². The van der Waals surface area contributed by atoms with Crippen LogP contribution in [0, 0.1) is 0 Å². The number of nitrogens with two attached hydrogens (primary N) is 1. The van der Waals surface area contributed by atoms with Gasteiger partial charge in [0.2, 0.25) is 0 Å². The van der Waals surface area contributed by atoms with Gasteiger partial charge < -0.3 is 5.73 Å². The maximum Gasteiger partial charge on any atom is 0.0621 e. The summed E-state index contributed by atoms with van der Waals surface area (Å²) < 4.78 is 1.07. The van der Waals surface area contributed by atoms with Crippen molar-refractivity contribution in [3.05, 3.63) is 63.3 Å². The Balaban J connectivity index is 2.20. The number of rotatable bonds is 4. The lowest BCUT2D eigenvalue weighted by Crippen LogP contribution is -2.15. The number of halogens is 2. The molecule has 18 heavy (non-hydrogen) atoms. The van der Waals surface area contributed by atoms with Crippen LogP contribution >= 0.6 is 27.5 Å². The van der Waals surface area contributed by atoms with E-state index in [1.807, 2.05) is 18.2 Å². The number of pyridine rings is 1. The zero-order valence-corrected chi connectivity index (χ0v) is 12.2. The minimum Gasteiger partial charge on any atom is -0.330 e. The van der Waals surface area contributed by atoms with Gasteiger partial charge in [0.15, 0.2) is 0 Å². The number of hydrogen-bond acceptors (Lipinski definition) is 2. The number of nitrogens with zero attached hydrogens (tertiary/aromatic N) is 1. The van der Waals surface area contributed by atoms with Crippen molar-refractivity contribution in [3.63, 3.8) is 0 Å². The lowest BCUT2D eigenvalue weighted by Gasteiger charge is -2.16. The van der Waals surface area contributed by atoms with Crippen molar-refractivity contribution in [1.82, 2.24) is 4.98 Å². The molecular weight excluding hydrogens is 312 g/mol. The predicted molar refractivity (Wildman–Crippen MR) is 78.9 cm³/mol. The zero-order valence-electron chi connectivity index (χ0n) is 9.81. The second-order valence-corrected chi connectivity index (χ2v) is 5.48. The van der Waals surface area contributed by atoms with Gasteiger partial charge in [0.25, 0.3) is 0 Å². The second-order valence-electron chi connectivity index (χ2n) is 4.16. The van der Waals surface area contributed by atoms with Crippen LogP contribution in [0.2, 0.25) is 5.02 Å². The molecule has 2 N–H and O–H groups in total. The van der Waals surface area contributed by atoms with E-state index < -0.39 is 0 Å². The topological polar surface area (TPSA) is 38.9 Å². The molecular formula is C14H14BrClN2. The summed E-state index contributed by atoms with van der Waals surface area (Å²) in [4.78, 5) is 3.99. The van der Waals surface area contributed by atoms with E-state index in [9.17, 15) is 0 Å². The number of aromatic nitrogens is 1.